The van der Waals surface area contributed by atoms with Crippen LogP contribution in [0, 0.1) is 0 Å². The molecule has 0 aromatic rings. The topological polar surface area (TPSA) is 213 Å². The summed E-state index contributed by atoms with van der Waals surface area (Å²) >= 11 is 0. The summed E-state index contributed by atoms with van der Waals surface area (Å²) < 4.78 is 68.9. The van der Waals surface area contributed by atoms with Crippen molar-refractivity contribution < 1.29 is 54.1 Å². The Hall–Kier alpha value is 0.212. The molecule has 0 N–H and O–H groups in total. The molecule has 0 fully saturated rings. The van der Waals surface area contributed by atoms with Crippen LogP contribution >= 0.6 is 0 Å². The van der Waals surface area contributed by atoms with Crippen molar-refractivity contribution in [2.45, 2.75) is 362 Å². The van der Waals surface area contributed by atoms with Crippen molar-refractivity contribution in [3.63, 3.8) is 0 Å². The molecule has 0 aromatic heterocycles. The smallest absolute Gasteiger partial charge is 0.726 e. The molecule has 76 heavy (non-hydrogen) atoms. The summed E-state index contributed by atoms with van der Waals surface area (Å²) in [5.74, 6) is -1.81. The summed E-state index contributed by atoms with van der Waals surface area (Å²) in [4.78, 5) is 20.4. The number of carboxylic acid groups (broad SMARTS) is 2. The molecule has 0 spiro atoms. The van der Waals surface area contributed by atoms with Crippen molar-refractivity contribution in [1.82, 2.24) is 0 Å². The number of hydrogen-bond donors (Lipinski definition) is 0. The van der Waals surface area contributed by atoms with Crippen LogP contribution in [0.4, 0.5) is 0 Å². The van der Waals surface area contributed by atoms with Crippen molar-refractivity contribution in [2.24, 2.45) is 0 Å². The van der Waals surface area contributed by atoms with Gasteiger partial charge >= 0.3 is 46.1 Å². The van der Waals surface area contributed by atoms with E-state index in [-0.39, 0.29) is 72.2 Å². The van der Waals surface area contributed by atoms with E-state index in [1.54, 1.807) is 0 Å². The first kappa shape index (κ1) is 87.5. The molecule has 0 saturated heterocycles. The van der Waals surface area contributed by atoms with Crippen LogP contribution in [0.2, 0.25) is 0 Å². The van der Waals surface area contributed by atoms with Crippen molar-refractivity contribution in [1.29, 1.82) is 0 Å². The zero-order valence-electron chi connectivity index (χ0n) is 50.3. The number of carbonyl (C=O) groups is 2. The zero-order chi connectivity index (χ0) is 55.8. The van der Waals surface area contributed by atoms with Gasteiger partial charge in [-0.15, -0.1) is 0 Å². The Labute approximate surface area is 504 Å². The first-order chi connectivity index (χ1) is 35.7. The van der Waals surface area contributed by atoms with Gasteiger partial charge in [-0.05, 0) is 38.5 Å². The molecular weight excluding hydrogens is 1030 g/mol. The fourth-order valence-electron chi connectivity index (χ4n) is 8.78. The average molecular weight is 1150 g/mol. The van der Waals surface area contributed by atoms with Crippen molar-refractivity contribution in [2.75, 3.05) is 13.2 Å². The summed E-state index contributed by atoms with van der Waals surface area (Å²) in [5, 5.41) is 20.4. The van der Waals surface area contributed by atoms with E-state index < -0.39 is 32.7 Å². The maximum atomic E-state index is 10.2. The molecule has 0 radical (unpaired) electrons. The fraction of sp³-hybridized carbons (Fsp3) is 0.967. The quantitative estimate of drug-likeness (QED) is 0.0241. The van der Waals surface area contributed by atoms with Gasteiger partial charge in [0.2, 0.25) is 20.8 Å². The molecule has 0 amide bonds. The Balaban J connectivity index is -0.000000214. The molecule has 448 valence electrons. The third kappa shape index (κ3) is 103. The SMILES string of the molecule is CCCCCCCCCCCCCCCCCC(=O)[O-].CCCCCCCCCCCCCCCCCC(=O)[O-].CCCCCCCCCCCCOS(=O)(=O)[O-].CCCCCCCCCCCCOS(=O)(=O)[O-].[Mg+2].[Mg+2]. The Morgan fingerprint density at radius 3 is 0.526 bits per heavy atom. The first-order valence-corrected chi connectivity index (χ1v) is 33.9. The predicted octanol–water partition coefficient (Wildman–Crippen LogP) is 16.0. The minimum atomic E-state index is -4.48. The second-order valence-corrected chi connectivity index (χ2v) is 23.1. The second kappa shape index (κ2) is 75.2. The summed E-state index contributed by atoms with van der Waals surface area (Å²) in [5.41, 5.74) is 0. The average Bonchev–Trinajstić information content (AvgIpc) is 3.34. The molecule has 0 unspecified atom stereocenters. The van der Waals surface area contributed by atoms with E-state index in [2.05, 4.69) is 36.1 Å². The van der Waals surface area contributed by atoms with E-state index in [0.717, 1.165) is 51.4 Å². The number of carboxylic acids is 2. The van der Waals surface area contributed by atoms with Gasteiger partial charge in [0.1, 0.15) is 0 Å². The van der Waals surface area contributed by atoms with E-state index in [9.17, 15) is 45.7 Å². The van der Waals surface area contributed by atoms with Crippen molar-refractivity contribution >= 4 is 78.8 Å². The van der Waals surface area contributed by atoms with Gasteiger partial charge in [0.05, 0.1) is 13.2 Å². The third-order valence-electron chi connectivity index (χ3n) is 13.4. The molecule has 0 bridgehead atoms. The number of carbonyl (C=O) groups excluding carboxylic acids is 2. The Morgan fingerprint density at radius 2 is 0.395 bits per heavy atom. The molecule has 0 saturated carbocycles. The van der Waals surface area contributed by atoms with Gasteiger partial charge < -0.3 is 28.9 Å². The van der Waals surface area contributed by atoms with E-state index in [1.807, 2.05) is 0 Å². The Kier molecular flexibility index (Phi) is 86.5. The number of unbranched alkanes of at least 4 members (excludes halogenated alkanes) is 46. The molecule has 0 aliphatic rings. The molecule has 0 aromatic carbocycles. The van der Waals surface area contributed by atoms with E-state index in [1.165, 1.54) is 257 Å². The van der Waals surface area contributed by atoms with Crippen LogP contribution in [0.25, 0.3) is 0 Å². The molecular formula is C60H120Mg2O12S2. The van der Waals surface area contributed by atoms with Crippen LogP contribution in [0.1, 0.15) is 362 Å². The third-order valence-corrected chi connectivity index (χ3v) is 14.3. The Bertz CT molecular complexity index is 1210. The number of aliphatic carboxylic acids is 2. The van der Waals surface area contributed by atoms with Crippen LogP contribution in [0.5, 0.6) is 0 Å². The van der Waals surface area contributed by atoms with Gasteiger partial charge in [0, 0.05) is 11.9 Å². The Morgan fingerprint density at radius 1 is 0.263 bits per heavy atom. The molecule has 16 heteroatoms. The van der Waals surface area contributed by atoms with Crippen LogP contribution < -0.4 is 10.2 Å². The van der Waals surface area contributed by atoms with Gasteiger partial charge in [-0.1, -0.05) is 323 Å². The fourth-order valence-corrected chi connectivity index (χ4v) is 9.43. The largest absolute Gasteiger partial charge is 2.00 e. The summed E-state index contributed by atoms with van der Waals surface area (Å²) in [6.45, 7) is 9.02. The summed E-state index contributed by atoms with van der Waals surface area (Å²) in [7, 11) is -8.97. The zero-order valence-corrected chi connectivity index (χ0v) is 54.8. The molecule has 0 aliphatic carbocycles. The molecule has 0 aliphatic heterocycles. The maximum Gasteiger partial charge on any atom is 2.00 e. The van der Waals surface area contributed by atoms with Gasteiger partial charge in [0.15, 0.2) is 0 Å². The summed E-state index contributed by atoms with van der Waals surface area (Å²) in [6, 6.07) is 0. The van der Waals surface area contributed by atoms with Gasteiger partial charge in [-0.2, -0.15) is 0 Å². The predicted molar refractivity (Wildman–Crippen MR) is 316 cm³/mol. The second-order valence-electron chi connectivity index (χ2n) is 21.0. The first-order valence-electron chi connectivity index (χ1n) is 31.3. The van der Waals surface area contributed by atoms with Crippen molar-refractivity contribution in [3.8, 4) is 0 Å². The molecule has 12 nitrogen and oxygen atoms in total. The number of hydrogen-bond acceptors (Lipinski definition) is 12. The maximum absolute atomic E-state index is 10.2. The van der Waals surface area contributed by atoms with Crippen LogP contribution in [-0.2, 0) is 38.8 Å². The molecule has 0 heterocycles. The normalized spacial score (nSPS) is 11.0. The molecule has 0 rings (SSSR count). The van der Waals surface area contributed by atoms with E-state index in [4.69, 9.17) is 0 Å². The summed E-state index contributed by atoms with van der Waals surface area (Å²) in [6.07, 6.45) is 63.1. The van der Waals surface area contributed by atoms with Gasteiger partial charge in [-0.3, -0.25) is 8.37 Å². The molecule has 0 atom stereocenters. The van der Waals surface area contributed by atoms with Crippen LogP contribution in [0.15, 0.2) is 0 Å². The van der Waals surface area contributed by atoms with Crippen LogP contribution in [0.3, 0.4) is 0 Å². The monoisotopic (exact) mass is 1140 g/mol. The number of rotatable bonds is 56. The van der Waals surface area contributed by atoms with Crippen LogP contribution in [-0.4, -0.2) is 97.2 Å². The van der Waals surface area contributed by atoms with Gasteiger partial charge in [0.25, 0.3) is 0 Å². The van der Waals surface area contributed by atoms with E-state index >= 15 is 0 Å². The standard InChI is InChI=1S/2C18H36O2.2C12H26O4S.2Mg/c2*1-2-3-4-5-6-7-8-9-10-11-12-13-14-15-16-17-18(19)20;2*1-2-3-4-5-6-7-8-9-10-11-12-16-17(13,14)15;;/h2*2-17H2,1H3,(H,19,20);2*2-12H2,1H3,(H,13,14,15);;/q;;;;2*+2/p-4. The minimum Gasteiger partial charge on any atom is -0.726 e. The van der Waals surface area contributed by atoms with Crippen molar-refractivity contribution in [3.05, 3.63) is 0 Å². The van der Waals surface area contributed by atoms with Gasteiger partial charge in [-0.25, -0.2) is 16.8 Å². The minimum absolute atomic E-state index is 0. The van der Waals surface area contributed by atoms with E-state index in [0.29, 0.717) is 12.8 Å².